The lowest BCUT2D eigenvalue weighted by atomic mass is 10.2. The molecule has 0 aliphatic heterocycles. The van der Waals surface area contributed by atoms with Gasteiger partial charge in [0.1, 0.15) is 0 Å². The highest BCUT2D eigenvalue weighted by molar-refractivity contribution is 4.61. The van der Waals surface area contributed by atoms with Crippen molar-refractivity contribution in [3.63, 3.8) is 0 Å². The minimum atomic E-state index is -1.03. The Hall–Kier alpha value is -0.200. The van der Waals surface area contributed by atoms with E-state index in [4.69, 9.17) is 24.0 Å². The highest BCUT2D eigenvalue weighted by Gasteiger charge is 2.36. The second kappa shape index (κ2) is 14.4. The lowest BCUT2D eigenvalue weighted by molar-refractivity contribution is -0.465. The Morgan fingerprint density at radius 1 is 0.818 bits per heavy atom. The van der Waals surface area contributed by atoms with Gasteiger partial charge in [0.15, 0.2) is 6.29 Å². The summed E-state index contributed by atoms with van der Waals surface area (Å²) in [5, 5.41) is 0. The van der Waals surface area contributed by atoms with E-state index in [0.29, 0.717) is 26.1 Å². The molecule has 0 aliphatic rings. The Bertz CT molecular complexity index is 225. The summed E-state index contributed by atoms with van der Waals surface area (Å²) in [4.78, 5) is 9.92. The molecule has 0 bridgehead atoms. The van der Waals surface area contributed by atoms with E-state index in [9.17, 15) is 0 Å². The van der Waals surface area contributed by atoms with Gasteiger partial charge in [0, 0.05) is 6.42 Å². The smallest absolute Gasteiger partial charge is 0.285 e. The maximum Gasteiger partial charge on any atom is 0.285 e. The van der Waals surface area contributed by atoms with Crippen molar-refractivity contribution >= 4 is 0 Å². The first kappa shape index (κ1) is 21.8. The van der Waals surface area contributed by atoms with Crippen molar-refractivity contribution in [2.75, 3.05) is 20.3 Å². The molecular weight excluding hydrogens is 284 g/mol. The van der Waals surface area contributed by atoms with Gasteiger partial charge in [-0.05, 0) is 25.7 Å². The molecule has 0 fully saturated rings. The summed E-state index contributed by atoms with van der Waals surface area (Å²) < 4.78 is 18.1. The third-order valence-electron chi connectivity index (χ3n) is 3.32. The van der Waals surface area contributed by atoms with Crippen LogP contribution >= 0.6 is 0 Å². The average molecular weight is 320 g/mol. The molecule has 0 aromatic carbocycles. The van der Waals surface area contributed by atoms with E-state index < -0.39 is 12.3 Å². The van der Waals surface area contributed by atoms with Crippen molar-refractivity contribution in [2.24, 2.45) is 0 Å². The van der Waals surface area contributed by atoms with Crippen LogP contribution in [0.3, 0.4) is 0 Å². The standard InChI is InChI=1S/C17H36O5/c1-6-10-13-17(19-14-11-7-2,20-15-12-8-3)21-16(9-4)22-18-5/h16H,6-15H2,1-5H3. The van der Waals surface area contributed by atoms with Crippen LogP contribution < -0.4 is 0 Å². The summed E-state index contributed by atoms with van der Waals surface area (Å²) in [6, 6.07) is 0. The highest BCUT2D eigenvalue weighted by atomic mass is 17.2. The van der Waals surface area contributed by atoms with Crippen LogP contribution in [0.15, 0.2) is 0 Å². The molecule has 0 aromatic rings. The van der Waals surface area contributed by atoms with E-state index in [1.807, 2.05) is 6.92 Å². The molecule has 0 spiro atoms. The van der Waals surface area contributed by atoms with Gasteiger partial charge in [0.05, 0.1) is 20.3 Å². The molecule has 5 nitrogen and oxygen atoms in total. The monoisotopic (exact) mass is 320 g/mol. The summed E-state index contributed by atoms with van der Waals surface area (Å²) in [7, 11) is 1.48. The molecule has 0 radical (unpaired) electrons. The van der Waals surface area contributed by atoms with Crippen molar-refractivity contribution in [2.45, 2.75) is 91.3 Å². The molecule has 22 heavy (non-hydrogen) atoms. The summed E-state index contributed by atoms with van der Waals surface area (Å²) in [6.45, 7) is 9.64. The lowest BCUT2D eigenvalue weighted by Gasteiger charge is -2.35. The SMILES string of the molecule is CCCCOC(CCCC)(OCCCC)OC(CC)OOC. The Morgan fingerprint density at radius 2 is 1.36 bits per heavy atom. The van der Waals surface area contributed by atoms with Gasteiger partial charge in [0.25, 0.3) is 5.97 Å². The third-order valence-corrected chi connectivity index (χ3v) is 3.32. The zero-order valence-corrected chi connectivity index (χ0v) is 15.2. The van der Waals surface area contributed by atoms with Crippen LogP contribution in [0, 0.1) is 0 Å². The fourth-order valence-corrected chi connectivity index (χ4v) is 1.93. The number of ether oxygens (including phenoxy) is 3. The Kier molecular flexibility index (Phi) is 14.3. The molecule has 5 heteroatoms. The molecule has 134 valence electrons. The molecule has 0 saturated heterocycles. The minimum Gasteiger partial charge on any atom is -0.327 e. The zero-order chi connectivity index (χ0) is 16.7. The molecule has 0 N–H and O–H groups in total. The van der Waals surface area contributed by atoms with Gasteiger partial charge < -0.3 is 9.47 Å². The Balaban J connectivity index is 4.86. The molecular formula is C17H36O5. The van der Waals surface area contributed by atoms with Gasteiger partial charge in [0.2, 0.25) is 0 Å². The van der Waals surface area contributed by atoms with Crippen LogP contribution in [-0.2, 0) is 24.0 Å². The quantitative estimate of drug-likeness (QED) is 0.177. The Labute approximate surface area is 136 Å². The first-order valence-electron chi connectivity index (χ1n) is 8.83. The van der Waals surface area contributed by atoms with Gasteiger partial charge in [-0.25, -0.2) is 9.78 Å². The van der Waals surface area contributed by atoms with Crippen molar-refractivity contribution in [1.29, 1.82) is 0 Å². The molecule has 0 heterocycles. The van der Waals surface area contributed by atoms with Crippen molar-refractivity contribution in [1.82, 2.24) is 0 Å². The maximum absolute atomic E-state index is 6.03. The first-order valence-corrected chi connectivity index (χ1v) is 8.83. The average Bonchev–Trinajstić information content (AvgIpc) is 2.53. The van der Waals surface area contributed by atoms with Gasteiger partial charge in [-0.3, -0.25) is 4.74 Å². The van der Waals surface area contributed by atoms with Crippen LogP contribution in [0.1, 0.15) is 79.1 Å². The predicted molar refractivity (Wildman–Crippen MR) is 87.2 cm³/mol. The van der Waals surface area contributed by atoms with Crippen LogP contribution in [0.5, 0.6) is 0 Å². The van der Waals surface area contributed by atoms with Crippen LogP contribution in [0.2, 0.25) is 0 Å². The number of rotatable bonds is 16. The van der Waals surface area contributed by atoms with Crippen LogP contribution in [0.4, 0.5) is 0 Å². The van der Waals surface area contributed by atoms with Crippen molar-refractivity contribution in [3.05, 3.63) is 0 Å². The number of hydrogen-bond donors (Lipinski definition) is 0. The second-order valence-electron chi connectivity index (χ2n) is 5.41. The molecule has 0 aliphatic carbocycles. The maximum atomic E-state index is 6.03. The minimum absolute atomic E-state index is 0.495. The topological polar surface area (TPSA) is 46.2 Å². The molecule has 0 saturated carbocycles. The normalized spacial score (nSPS) is 13.5. The third kappa shape index (κ3) is 9.74. The predicted octanol–water partition coefficient (Wildman–Crippen LogP) is 4.79. The largest absolute Gasteiger partial charge is 0.327 e. The first-order chi connectivity index (χ1) is 10.7. The van der Waals surface area contributed by atoms with E-state index in [-0.39, 0.29) is 0 Å². The fourth-order valence-electron chi connectivity index (χ4n) is 1.93. The second-order valence-corrected chi connectivity index (χ2v) is 5.41. The van der Waals surface area contributed by atoms with E-state index in [2.05, 4.69) is 20.8 Å². The lowest BCUT2D eigenvalue weighted by Crippen LogP contribution is -2.43. The van der Waals surface area contributed by atoms with E-state index in [1.54, 1.807) is 0 Å². The highest BCUT2D eigenvalue weighted by Crippen LogP contribution is 2.27. The number of hydrogen-bond acceptors (Lipinski definition) is 5. The summed E-state index contributed by atoms with van der Waals surface area (Å²) in [5.41, 5.74) is 0. The van der Waals surface area contributed by atoms with Crippen molar-refractivity contribution in [3.8, 4) is 0 Å². The molecule has 1 unspecified atom stereocenters. The Morgan fingerprint density at radius 3 is 1.77 bits per heavy atom. The van der Waals surface area contributed by atoms with E-state index in [0.717, 1.165) is 38.5 Å². The molecule has 1 atom stereocenters. The summed E-state index contributed by atoms with van der Waals surface area (Å²) in [5.74, 6) is -1.03. The summed E-state index contributed by atoms with van der Waals surface area (Å²) in [6.07, 6.45) is 7.01. The van der Waals surface area contributed by atoms with Gasteiger partial charge in [-0.2, -0.15) is 0 Å². The number of unbranched alkanes of at least 4 members (excludes halogenated alkanes) is 3. The summed E-state index contributed by atoms with van der Waals surface area (Å²) >= 11 is 0. The molecule has 0 rings (SSSR count). The van der Waals surface area contributed by atoms with Gasteiger partial charge >= 0.3 is 0 Å². The van der Waals surface area contributed by atoms with E-state index in [1.165, 1.54) is 7.11 Å². The van der Waals surface area contributed by atoms with Crippen molar-refractivity contribution < 1.29 is 24.0 Å². The van der Waals surface area contributed by atoms with Gasteiger partial charge in [-0.1, -0.05) is 47.0 Å². The molecule has 0 amide bonds. The van der Waals surface area contributed by atoms with E-state index >= 15 is 0 Å². The van der Waals surface area contributed by atoms with Crippen LogP contribution in [0.25, 0.3) is 0 Å². The van der Waals surface area contributed by atoms with Gasteiger partial charge in [-0.15, -0.1) is 0 Å². The fraction of sp³-hybridized carbons (Fsp3) is 1.00. The van der Waals surface area contributed by atoms with Crippen LogP contribution in [-0.4, -0.2) is 32.6 Å². The zero-order valence-electron chi connectivity index (χ0n) is 15.2. The molecule has 0 aromatic heterocycles.